The van der Waals surface area contributed by atoms with Gasteiger partial charge < -0.3 is 20.1 Å². The van der Waals surface area contributed by atoms with Crippen molar-refractivity contribution >= 4 is 35.1 Å². The molecule has 0 fully saturated rings. The number of hydrogen-bond donors (Lipinski definition) is 2. The molecule has 38 heavy (non-hydrogen) atoms. The highest BCUT2D eigenvalue weighted by atomic mass is 35.5. The van der Waals surface area contributed by atoms with Gasteiger partial charge in [-0.25, -0.2) is 4.39 Å². The molecule has 0 saturated carbocycles. The number of carbonyl (C=O) groups excluding carboxylic acids is 3. The summed E-state index contributed by atoms with van der Waals surface area (Å²) >= 11 is 6.51. The summed E-state index contributed by atoms with van der Waals surface area (Å²) in [6.07, 6.45) is 0.318. The van der Waals surface area contributed by atoms with Crippen LogP contribution in [-0.4, -0.2) is 33.3 Å². The van der Waals surface area contributed by atoms with Gasteiger partial charge in [0.2, 0.25) is 17.7 Å². The third kappa shape index (κ3) is 7.89. The topological polar surface area (TPSA) is 105 Å². The minimum absolute atomic E-state index is 0.000916. The Labute approximate surface area is 226 Å². The number of benzene rings is 2. The van der Waals surface area contributed by atoms with Gasteiger partial charge >= 0.3 is 0 Å². The highest BCUT2D eigenvalue weighted by Gasteiger charge is 2.35. The Hall–Kier alpha value is -3.72. The molecular weight excluding hydrogens is 511 g/mol. The molecule has 0 radical (unpaired) electrons. The summed E-state index contributed by atoms with van der Waals surface area (Å²) in [4.78, 5) is 41.2. The zero-order valence-corrected chi connectivity index (χ0v) is 22.6. The highest BCUT2D eigenvalue weighted by Crippen LogP contribution is 2.31. The van der Waals surface area contributed by atoms with Crippen LogP contribution < -0.4 is 10.6 Å². The van der Waals surface area contributed by atoms with Crippen LogP contribution in [0.1, 0.15) is 63.0 Å². The molecule has 2 aromatic carbocycles. The zero-order chi connectivity index (χ0) is 27.9. The first-order valence-corrected chi connectivity index (χ1v) is 12.7. The Balaban J connectivity index is 1.93. The second-order valence-corrected chi connectivity index (χ2v) is 10.1. The second-order valence-electron chi connectivity index (χ2n) is 9.67. The fourth-order valence-electron chi connectivity index (χ4n) is 3.74. The number of carbonyl (C=O) groups is 3. The Kier molecular flexibility index (Phi) is 9.63. The average molecular weight is 543 g/mol. The lowest BCUT2D eigenvalue weighted by molar-refractivity contribution is -0.142. The number of nitrogens with zero attached hydrogens (tertiary/aromatic N) is 2. The number of halogens is 2. The standard InChI is InChI=1S/C28H32ClFN4O4/c1-5-28(3,4)32-27(37)26(21-8-6-7-9-22(21)29)34(17-19-10-12-20(30)13-11-19)25(36)15-14-24(35)31-23-16-18(2)38-33-23/h6-13,16,26H,5,14-15,17H2,1-4H3,(H,32,37)(H,31,33,35). The molecule has 8 nitrogen and oxygen atoms in total. The van der Waals surface area contributed by atoms with Crippen molar-refractivity contribution in [2.75, 3.05) is 5.32 Å². The molecule has 1 unspecified atom stereocenters. The van der Waals surface area contributed by atoms with Gasteiger partial charge in [-0.1, -0.05) is 54.0 Å². The van der Waals surface area contributed by atoms with E-state index in [1.165, 1.54) is 17.0 Å². The van der Waals surface area contributed by atoms with E-state index in [1.807, 2.05) is 20.8 Å². The van der Waals surface area contributed by atoms with Crippen LogP contribution in [0.2, 0.25) is 5.02 Å². The molecule has 0 aliphatic carbocycles. The fourth-order valence-corrected chi connectivity index (χ4v) is 3.98. The van der Waals surface area contributed by atoms with Gasteiger partial charge in [-0.15, -0.1) is 0 Å². The molecule has 1 aromatic heterocycles. The van der Waals surface area contributed by atoms with Crippen LogP contribution >= 0.6 is 11.6 Å². The van der Waals surface area contributed by atoms with Gasteiger partial charge in [0.25, 0.3) is 0 Å². The lowest BCUT2D eigenvalue weighted by Crippen LogP contribution is -2.50. The first-order valence-electron chi connectivity index (χ1n) is 12.3. The molecule has 0 aliphatic heterocycles. The Morgan fingerprint density at radius 3 is 2.39 bits per heavy atom. The molecule has 0 spiro atoms. The summed E-state index contributed by atoms with van der Waals surface area (Å²) in [5, 5.41) is 9.64. The van der Waals surface area contributed by atoms with Crippen LogP contribution in [0.4, 0.5) is 10.2 Å². The minimum Gasteiger partial charge on any atom is -0.360 e. The summed E-state index contributed by atoms with van der Waals surface area (Å²) in [6.45, 7) is 7.41. The van der Waals surface area contributed by atoms with Crippen molar-refractivity contribution in [1.29, 1.82) is 0 Å². The number of aryl methyl sites for hydroxylation is 1. The van der Waals surface area contributed by atoms with E-state index >= 15 is 0 Å². The average Bonchev–Trinajstić information content (AvgIpc) is 3.28. The van der Waals surface area contributed by atoms with Gasteiger partial charge in [-0.3, -0.25) is 14.4 Å². The quantitative estimate of drug-likeness (QED) is 0.329. The maximum atomic E-state index is 13.7. The molecule has 0 aliphatic rings. The van der Waals surface area contributed by atoms with Gasteiger partial charge in [-0.2, -0.15) is 0 Å². The third-order valence-electron chi connectivity index (χ3n) is 6.15. The van der Waals surface area contributed by atoms with Crippen molar-refractivity contribution in [3.63, 3.8) is 0 Å². The summed E-state index contributed by atoms with van der Waals surface area (Å²) < 4.78 is 18.5. The number of hydrogen-bond acceptors (Lipinski definition) is 5. The molecule has 202 valence electrons. The van der Waals surface area contributed by atoms with E-state index in [-0.39, 0.29) is 25.2 Å². The van der Waals surface area contributed by atoms with E-state index in [9.17, 15) is 18.8 Å². The van der Waals surface area contributed by atoms with Crippen molar-refractivity contribution in [2.24, 2.45) is 0 Å². The number of aromatic nitrogens is 1. The number of amides is 3. The molecular formula is C28H32ClFN4O4. The number of nitrogens with one attached hydrogen (secondary N) is 2. The van der Waals surface area contributed by atoms with Crippen LogP contribution in [0.5, 0.6) is 0 Å². The molecule has 1 atom stereocenters. The third-order valence-corrected chi connectivity index (χ3v) is 6.50. The first-order chi connectivity index (χ1) is 18.0. The molecule has 3 amide bonds. The van der Waals surface area contributed by atoms with Crippen LogP contribution in [0.25, 0.3) is 0 Å². The summed E-state index contributed by atoms with van der Waals surface area (Å²) in [5.41, 5.74) is 0.509. The van der Waals surface area contributed by atoms with E-state index < -0.39 is 35.1 Å². The lowest BCUT2D eigenvalue weighted by Gasteiger charge is -2.35. The van der Waals surface area contributed by atoms with Crippen molar-refractivity contribution in [1.82, 2.24) is 15.4 Å². The molecule has 0 saturated heterocycles. The van der Waals surface area contributed by atoms with Gasteiger partial charge in [0, 0.05) is 41.6 Å². The number of anilines is 1. The first kappa shape index (κ1) is 28.8. The Morgan fingerprint density at radius 2 is 1.79 bits per heavy atom. The predicted molar refractivity (Wildman–Crippen MR) is 143 cm³/mol. The molecule has 2 N–H and O–H groups in total. The van der Waals surface area contributed by atoms with Gasteiger partial charge in [0.15, 0.2) is 5.82 Å². The van der Waals surface area contributed by atoms with Crippen LogP contribution in [0, 0.1) is 12.7 Å². The van der Waals surface area contributed by atoms with E-state index in [0.717, 1.165) is 0 Å². The van der Waals surface area contributed by atoms with Crippen molar-refractivity contribution in [2.45, 2.75) is 65.1 Å². The van der Waals surface area contributed by atoms with Gasteiger partial charge in [0.1, 0.15) is 17.6 Å². The minimum atomic E-state index is -1.09. The van der Waals surface area contributed by atoms with E-state index in [0.29, 0.717) is 28.3 Å². The van der Waals surface area contributed by atoms with E-state index in [2.05, 4.69) is 15.8 Å². The summed E-state index contributed by atoms with van der Waals surface area (Å²) in [5.74, 6) is -0.933. The lowest BCUT2D eigenvalue weighted by atomic mass is 9.98. The summed E-state index contributed by atoms with van der Waals surface area (Å²) in [6, 6.07) is 13.0. The van der Waals surface area contributed by atoms with Crippen LogP contribution in [-0.2, 0) is 20.9 Å². The van der Waals surface area contributed by atoms with Gasteiger partial charge in [0.05, 0.1) is 0 Å². The van der Waals surface area contributed by atoms with E-state index in [4.69, 9.17) is 16.1 Å². The van der Waals surface area contributed by atoms with E-state index in [1.54, 1.807) is 49.4 Å². The zero-order valence-electron chi connectivity index (χ0n) is 21.9. The summed E-state index contributed by atoms with van der Waals surface area (Å²) in [7, 11) is 0. The van der Waals surface area contributed by atoms with Crippen molar-refractivity contribution < 1.29 is 23.3 Å². The normalized spacial score (nSPS) is 12.1. The second kappa shape index (κ2) is 12.7. The molecule has 1 heterocycles. The fraction of sp³-hybridized carbons (Fsp3) is 0.357. The maximum Gasteiger partial charge on any atom is 0.247 e. The highest BCUT2D eigenvalue weighted by molar-refractivity contribution is 6.31. The SMILES string of the molecule is CCC(C)(C)NC(=O)C(c1ccccc1Cl)N(Cc1ccc(F)cc1)C(=O)CCC(=O)Nc1cc(C)on1. The molecule has 3 rings (SSSR count). The van der Waals surface area contributed by atoms with Gasteiger partial charge in [-0.05, 0) is 51.0 Å². The Bertz CT molecular complexity index is 1280. The monoisotopic (exact) mass is 542 g/mol. The van der Waals surface area contributed by atoms with Crippen LogP contribution in [0.15, 0.2) is 59.1 Å². The Morgan fingerprint density at radius 1 is 1.11 bits per heavy atom. The molecule has 10 heteroatoms. The van der Waals surface area contributed by atoms with Crippen molar-refractivity contribution in [3.05, 3.63) is 82.3 Å². The van der Waals surface area contributed by atoms with Crippen molar-refractivity contribution in [3.8, 4) is 0 Å². The molecule has 3 aromatic rings. The molecule has 0 bridgehead atoms. The number of rotatable bonds is 11. The maximum absolute atomic E-state index is 13.7. The smallest absolute Gasteiger partial charge is 0.247 e. The van der Waals surface area contributed by atoms with Crippen LogP contribution in [0.3, 0.4) is 0 Å². The largest absolute Gasteiger partial charge is 0.360 e. The predicted octanol–water partition coefficient (Wildman–Crippen LogP) is 5.57.